The lowest BCUT2D eigenvalue weighted by atomic mass is 9.80. The Morgan fingerprint density at radius 3 is 2.02 bits per heavy atom. The van der Waals surface area contributed by atoms with E-state index in [1.807, 2.05) is 0 Å². The predicted octanol–water partition coefficient (Wildman–Crippen LogP) is 3.87. The number of non-ortho nitro benzene ring substituents is 1. The zero-order valence-electron chi connectivity index (χ0n) is 27.3. The van der Waals surface area contributed by atoms with Crippen LogP contribution < -0.4 is 16.0 Å². The molecule has 0 saturated heterocycles. The third-order valence-corrected chi connectivity index (χ3v) is 7.37. The Bertz CT molecular complexity index is 1880. The van der Waals surface area contributed by atoms with Gasteiger partial charge < -0.3 is 35.3 Å². The Labute approximate surface area is 286 Å². The van der Waals surface area contributed by atoms with Crippen molar-refractivity contribution in [1.29, 1.82) is 0 Å². The number of nitrogens with one attached hydrogen (secondary N) is 3. The molecule has 260 valence electrons. The fourth-order valence-corrected chi connectivity index (χ4v) is 5.16. The van der Waals surface area contributed by atoms with Crippen molar-refractivity contribution in [3.8, 4) is 5.75 Å². The van der Waals surface area contributed by atoms with Crippen molar-refractivity contribution in [3.63, 3.8) is 0 Å². The van der Waals surface area contributed by atoms with Crippen LogP contribution in [0.4, 0.5) is 11.4 Å². The summed E-state index contributed by atoms with van der Waals surface area (Å²) in [7, 11) is 0. The third-order valence-electron chi connectivity index (χ3n) is 7.37. The van der Waals surface area contributed by atoms with E-state index in [0.29, 0.717) is 17.1 Å². The topological polar surface area (TPSA) is 212 Å². The van der Waals surface area contributed by atoms with Crippen LogP contribution in [0.25, 0.3) is 0 Å². The van der Waals surface area contributed by atoms with Gasteiger partial charge in [0.05, 0.1) is 39.7 Å². The number of nitro groups is 1. The number of allylic oxidation sites excluding steroid dienone is 2. The molecule has 2 amide bonds. The lowest BCUT2D eigenvalue weighted by Gasteiger charge is -2.30. The number of ether oxygens (including phenoxy) is 3. The standard InChI is InChI=1S/C35H34N4O11/c1-20-29(34(44)48-16-15-36-32(42)27-9-4-5-10-28(27)41)31(24-7-6-8-26(19-24)39(46)47)30(21(2)37-20)35(45)50-18-17-49-33(43)23-11-13-25(14-12-23)38-22(3)40/h4-14,19,31,37,41H,15-18H2,1-3H3,(H,36,42)(H,38,40)/t31-/m1/s1. The van der Waals surface area contributed by atoms with E-state index >= 15 is 0 Å². The van der Waals surface area contributed by atoms with Gasteiger partial charge in [0.25, 0.3) is 11.6 Å². The molecule has 15 nitrogen and oxygen atoms in total. The number of hydrogen-bond donors (Lipinski definition) is 4. The number of dihydropyridines is 1. The number of phenols is 1. The predicted molar refractivity (Wildman–Crippen MR) is 178 cm³/mol. The number of carbonyl (C=O) groups excluding carboxylic acids is 5. The normalized spacial score (nSPS) is 13.9. The second-order valence-corrected chi connectivity index (χ2v) is 10.9. The molecule has 0 radical (unpaired) electrons. The summed E-state index contributed by atoms with van der Waals surface area (Å²) >= 11 is 0. The van der Waals surface area contributed by atoms with E-state index in [9.17, 15) is 39.2 Å². The minimum Gasteiger partial charge on any atom is -0.507 e. The summed E-state index contributed by atoms with van der Waals surface area (Å²) in [5, 5.41) is 29.6. The number of rotatable bonds is 13. The van der Waals surface area contributed by atoms with E-state index in [1.165, 1.54) is 67.6 Å². The zero-order valence-corrected chi connectivity index (χ0v) is 27.3. The molecule has 0 aromatic heterocycles. The highest BCUT2D eigenvalue weighted by atomic mass is 16.6. The Morgan fingerprint density at radius 1 is 0.820 bits per heavy atom. The SMILES string of the molecule is CC(=O)Nc1ccc(C(=O)OCCOC(=O)C2=C(C)NC(C)=C(C(=O)OCCNC(=O)c3ccccc3O)[C@H]2c2cccc([N+](=O)[O-])c2)cc1. The Hall–Kier alpha value is -6.51. The van der Waals surface area contributed by atoms with Gasteiger partial charge in [0, 0.05) is 36.1 Å². The number of anilines is 1. The molecule has 0 spiro atoms. The van der Waals surface area contributed by atoms with E-state index in [4.69, 9.17) is 14.2 Å². The van der Waals surface area contributed by atoms with Crippen molar-refractivity contribution in [2.75, 3.05) is 31.7 Å². The highest BCUT2D eigenvalue weighted by molar-refractivity contribution is 6.00. The molecule has 1 atom stereocenters. The molecular formula is C35H34N4O11. The number of nitrogens with zero attached hydrogens (tertiary/aromatic N) is 1. The van der Waals surface area contributed by atoms with Crippen LogP contribution in [0.2, 0.25) is 0 Å². The number of nitro benzene ring substituents is 1. The van der Waals surface area contributed by atoms with Gasteiger partial charge in [0.1, 0.15) is 25.6 Å². The number of esters is 3. The molecule has 0 saturated carbocycles. The molecular weight excluding hydrogens is 652 g/mol. The van der Waals surface area contributed by atoms with Crippen molar-refractivity contribution in [3.05, 3.63) is 122 Å². The van der Waals surface area contributed by atoms with Crippen LogP contribution >= 0.6 is 0 Å². The fourth-order valence-electron chi connectivity index (χ4n) is 5.16. The van der Waals surface area contributed by atoms with Crippen LogP contribution in [0.15, 0.2) is 95.3 Å². The largest absolute Gasteiger partial charge is 0.507 e. The Morgan fingerprint density at radius 2 is 1.42 bits per heavy atom. The number of aromatic hydroxyl groups is 1. The first-order valence-corrected chi connectivity index (χ1v) is 15.3. The maximum Gasteiger partial charge on any atom is 0.338 e. The van der Waals surface area contributed by atoms with Crippen molar-refractivity contribution in [2.45, 2.75) is 26.7 Å². The van der Waals surface area contributed by atoms with Crippen LogP contribution in [0, 0.1) is 10.1 Å². The molecule has 0 fully saturated rings. The summed E-state index contributed by atoms with van der Waals surface area (Å²) in [6.07, 6.45) is 0. The maximum absolute atomic E-state index is 13.6. The average molecular weight is 687 g/mol. The first-order valence-electron chi connectivity index (χ1n) is 15.3. The van der Waals surface area contributed by atoms with Crippen molar-refractivity contribution < 1.29 is 48.2 Å². The van der Waals surface area contributed by atoms with Gasteiger partial charge in [-0.05, 0) is 55.8 Å². The molecule has 4 rings (SSSR count). The third kappa shape index (κ3) is 9.09. The molecule has 1 aliphatic rings. The summed E-state index contributed by atoms with van der Waals surface area (Å²) in [4.78, 5) is 74.2. The van der Waals surface area contributed by atoms with E-state index in [2.05, 4.69) is 16.0 Å². The average Bonchev–Trinajstić information content (AvgIpc) is 3.08. The monoisotopic (exact) mass is 686 g/mol. The van der Waals surface area contributed by atoms with Gasteiger partial charge >= 0.3 is 17.9 Å². The molecule has 0 bridgehead atoms. The van der Waals surface area contributed by atoms with E-state index in [0.717, 1.165) is 0 Å². The van der Waals surface area contributed by atoms with Gasteiger partial charge in [-0.1, -0.05) is 24.3 Å². The smallest absolute Gasteiger partial charge is 0.338 e. The number of carbonyl (C=O) groups is 5. The van der Waals surface area contributed by atoms with Crippen LogP contribution in [0.3, 0.4) is 0 Å². The van der Waals surface area contributed by atoms with E-state index < -0.39 is 34.7 Å². The Kier molecular flexibility index (Phi) is 12.0. The quantitative estimate of drug-likeness (QED) is 0.0664. The van der Waals surface area contributed by atoms with E-state index in [1.54, 1.807) is 26.0 Å². The van der Waals surface area contributed by atoms with Crippen LogP contribution in [-0.4, -0.2) is 66.1 Å². The Balaban J connectivity index is 1.46. The second kappa shape index (κ2) is 16.5. The van der Waals surface area contributed by atoms with Crippen molar-refractivity contribution >= 4 is 41.1 Å². The number of phenolic OH excluding ortho intramolecular Hbond substituents is 1. The number of para-hydroxylation sites is 1. The lowest BCUT2D eigenvalue weighted by molar-refractivity contribution is -0.384. The minimum atomic E-state index is -1.16. The van der Waals surface area contributed by atoms with Crippen LogP contribution in [0.1, 0.15) is 53.0 Å². The molecule has 4 N–H and O–H groups in total. The van der Waals surface area contributed by atoms with Gasteiger partial charge in [-0.3, -0.25) is 19.7 Å². The van der Waals surface area contributed by atoms with Gasteiger partial charge in [-0.25, -0.2) is 14.4 Å². The molecule has 1 aliphatic heterocycles. The molecule has 3 aromatic carbocycles. The van der Waals surface area contributed by atoms with Crippen molar-refractivity contribution in [1.82, 2.24) is 10.6 Å². The summed E-state index contributed by atoms with van der Waals surface area (Å²) in [6, 6.07) is 17.4. The maximum atomic E-state index is 13.6. The van der Waals surface area contributed by atoms with Gasteiger partial charge in [0.15, 0.2) is 0 Å². The second-order valence-electron chi connectivity index (χ2n) is 10.9. The number of benzene rings is 3. The van der Waals surface area contributed by atoms with Crippen LogP contribution in [0.5, 0.6) is 5.75 Å². The summed E-state index contributed by atoms with van der Waals surface area (Å²) in [5.74, 6) is -4.66. The molecule has 0 unspecified atom stereocenters. The molecule has 15 heteroatoms. The molecule has 3 aromatic rings. The highest BCUT2D eigenvalue weighted by Gasteiger charge is 2.38. The number of hydrogen-bond acceptors (Lipinski definition) is 12. The molecule has 50 heavy (non-hydrogen) atoms. The number of amides is 2. The lowest BCUT2D eigenvalue weighted by Crippen LogP contribution is -2.34. The van der Waals surface area contributed by atoms with Gasteiger partial charge in [-0.15, -0.1) is 0 Å². The zero-order chi connectivity index (χ0) is 36.4. The first kappa shape index (κ1) is 36.3. The summed E-state index contributed by atoms with van der Waals surface area (Å²) < 4.78 is 16.1. The first-order chi connectivity index (χ1) is 23.9. The fraction of sp³-hybridized carbons (Fsp3) is 0.229. The van der Waals surface area contributed by atoms with Crippen molar-refractivity contribution in [2.24, 2.45) is 0 Å². The molecule has 0 aliphatic carbocycles. The van der Waals surface area contributed by atoms with E-state index in [-0.39, 0.29) is 71.5 Å². The highest BCUT2D eigenvalue weighted by Crippen LogP contribution is 2.40. The van der Waals surface area contributed by atoms with Crippen LogP contribution in [-0.2, 0) is 28.6 Å². The van der Waals surface area contributed by atoms with Gasteiger partial charge in [0.2, 0.25) is 5.91 Å². The summed E-state index contributed by atoms with van der Waals surface area (Å²) in [6.45, 7) is 3.45. The molecule has 1 heterocycles. The van der Waals surface area contributed by atoms with Gasteiger partial charge in [-0.2, -0.15) is 0 Å². The minimum absolute atomic E-state index is 0.0239. The summed E-state index contributed by atoms with van der Waals surface area (Å²) in [5.41, 5.74) is 1.27.